The number of rotatable bonds is 4. The van der Waals surface area contributed by atoms with E-state index in [-0.39, 0.29) is 5.56 Å². The number of carboxylic acid groups (broad SMARTS) is 1. The fraction of sp³-hybridized carbons (Fsp3) is 0.300. The lowest BCUT2D eigenvalue weighted by atomic mass is 10.2. The molecule has 0 aromatic carbocycles. The number of aromatic nitrogens is 3. The van der Waals surface area contributed by atoms with E-state index in [9.17, 15) is 4.79 Å². The zero-order valence-corrected chi connectivity index (χ0v) is 9.57. The predicted octanol–water partition coefficient (Wildman–Crippen LogP) is 2.11. The van der Waals surface area contributed by atoms with Crippen LogP contribution in [0, 0.1) is 0 Å². The maximum atomic E-state index is 11.1. The highest BCUT2D eigenvalue weighted by Crippen LogP contribution is 2.24. The van der Waals surface area contributed by atoms with Crippen LogP contribution in [0.25, 0.3) is 10.7 Å². The Kier molecular flexibility index (Phi) is 3.00. The minimum atomic E-state index is -0.965. The minimum absolute atomic E-state index is 0.211. The van der Waals surface area contributed by atoms with Crippen molar-refractivity contribution in [1.82, 2.24) is 14.8 Å². The molecule has 0 unspecified atom stereocenters. The molecule has 0 aliphatic carbocycles. The van der Waals surface area contributed by atoms with Crippen molar-refractivity contribution in [3.63, 3.8) is 0 Å². The van der Waals surface area contributed by atoms with Gasteiger partial charge in [-0.15, -0.1) is 11.3 Å². The number of carbonyl (C=O) groups is 1. The summed E-state index contributed by atoms with van der Waals surface area (Å²) in [5.41, 5.74) is 0.666. The zero-order valence-electron chi connectivity index (χ0n) is 8.75. The Hall–Kier alpha value is -1.69. The van der Waals surface area contributed by atoms with Gasteiger partial charge in [-0.2, -0.15) is 5.10 Å². The van der Waals surface area contributed by atoms with E-state index < -0.39 is 5.97 Å². The first kappa shape index (κ1) is 10.8. The van der Waals surface area contributed by atoms with Gasteiger partial charge in [-0.1, -0.05) is 6.92 Å². The van der Waals surface area contributed by atoms with E-state index in [1.165, 1.54) is 11.3 Å². The van der Waals surface area contributed by atoms with Crippen LogP contribution < -0.4 is 0 Å². The van der Waals surface area contributed by atoms with Crippen molar-refractivity contribution >= 4 is 17.3 Å². The van der Waals surface area contributed by atoms with Crippen LogP contribution in [0.1, 0.15) is 23.7 Å². The predicted molar refractivity (Wildman–Crippen MR) is 60.6 cm³/mol. The maximum Gasteiger partial charge on any atom is 0.339 e. The van der Waals surface area contributed by atoms with Gasteiger partial charge in [0.15, 0.2) is 0 Å². The average molecular weight is 237 g/mol. The van der Waals surface area contributed by atoms with E-state index in [1.807, 2.05) is 6.92 Å². The molecule has 0 saturated heterocycles. The fourth-order valence-electron chi connectivity index (χ4n) is 1.42. The maximum absolute atomic E-state index is 11.1. The van der Waals surface area contributed by atoms with Crippen LogP contribution in [-0.2, 0) is 6.54 Å². The first-order chi connectivity index (χ1) is 7.72. The molecular weight excluding hydrogens is 226 g/mol. The van der Waals surface area contributed by atoms with Crippen molar-refractivity contribution in [2.24, 2.45) is 0 Å². The Morgan fingerprint density at radius 2 is 2.44 bits per heavy atom. The lowest BCUT2D eigenvalue weighted by molar-refractivity contribution is 0.0697. The second kappa shape index (κ2) is 4.44. The van der Waals surface area contributed by atoms with Crippen LogP contribution in [0.5, 0.6) is 0 Å². The van der Waals surface area contributed by atoms with Gasteiger partial charge in [0.2, 0.25) is 0 Å². The van der Waals surface area contributed by atoms with E-state index >= 15 is 0 Å². The van der Waals surface area contributed by atoms with Gasteiger partial charge in [0.25, 0.3) is 0 Å². The molecule has 6 heteroatoms. The van der Waals surface area contributed by atoms with Gasteiger partial charge in [-0.3, -0.25) is 4.68 Å². The third-order valence-corrected chi connectivity index (χ3v) is 2.86. The molecule has 5 nitrogen and oxygen atoms in total. The Bertz CT molecular complexity index is 490. The molecule has 0 saturated carbocycles. The molecule has 0 aliphatic rings. The average Bonchev–Trinajstić information content (AvgIpc) is 2.83. The van der Waals surface area contributed by atoms with Crippen molar-refractivity contribution in [3.05, 3.63) is 23.3 Å². The molecule has 0 bridgehead atoms. The zero-order chi connectivity index (χ0) is 11.5. The molecule has 84 valence electrons. The van der Waals surface area contributed by atoms with Gasteiger partial charge in [0.1, 0.15) is 16.3 Å². The summed E-state index contributed by atoms with van der Waals surface area (Å²) in [4.78, 5) is 15.1. The van der Waals surface area contributed by atoms with Crippen molar-refractivity contribution in [2.75, 3.05) is 0 Å². The van der Waals surface area contributed by atoms with Crippen LogP contribution in [0.15, 0.2) is 17.8 Å². The number of nitrogens with zero attached hydrogens (tertiary/aromatic N) is 3. The molecule has 2 aromatic rings. The van der Waals surface area contributed by atoms with E-state index in [4.69, 9.17) is 5.11 Å². The summed E-state index contributed by atoms with van der Waals surface area (Å²) in [5, 5.41) is 15.8. The highest BCUT2D eigenvalue weighted by atomic mass is 32.1. The normalized spacial score (nSPS) is 10.6. The number of carboxylic acids is 1. The summed E-state index contributed by atoms with van der Waals surface area (Å²) in [6.07, 6.45) is 4.12. The highest BCUT2D eigenvalue weighted by molar-refractivity contribution is 7.13. The smallest absolute Gasteiger partial charge is 0.339 e. The van der Waals surface area contributed by atoms with Gasteiger partial charge < -0.3 is 5.11 Å². The van der Waals surface area contributed by atoms with Gasteiger partial charge >= 0.3 is 5.97 Å². The van der Waals surface area contributed by atoms with E-state index in [0.29, 0.717) is 17.2 Å². The molecule has 2 aromatic heterocycles. The molecule has 0 aliphatic heterocycles. The Balaban J connectivity index is 2.46. The molecule has 2 rings (SSSR count). The fourth-order valence-corrected chi connectivity index (χ4v) is 2.05. The first-order valence-corrected chi connectivity index (χ1v) is 5.81. The molecule has 1 N–H and O–H groups in total. The lowest BCUT2D eigenvalue weighted by Crippen LogP contribution is -1.97. The van der Waals surface area contributed by atoms with Crippen LogP contribution in [-0.4, -0.2) is 25.8 Å². The highest BCUT2D eigenvalue weighted by Gasteiger charge is 2.18. The van der Waals surface area contributed by atoms with E-state index in [1.54, 1.807) is 22.5 Å². The number of hydrogen-bond donors (Lipinski definition) is 1. The Labute approximate surface area is 96.4 Å². The van der Waals surface area contributed by atoms with Crippen molar-refractivity contribution in [2.45, 2.75) is 19.9 Å². The second-order valence-corrected chi connectivity index (χ2v) is 4.19. The molecule has 2 heterocycles. The van der Waals surface area contributed by atoms with Gasteiger partial charge in [-0.25, -0.2) is 9.78 Å². The Morgan fingerprint density at radius 1 is 1.62 bits per heavy atom. The number of hydrogen-bond acceptors (Lipinski definition) is 4. The monoisotopic (exact) mass is 237 g/mol. The third-order valence-electron chi connectivity index (χ3n) is 2.08. The molecule has 0 atom stereocenters. The van der Waals surface area contributed by atoms with Crippen molar-refractivity contribution < 1.29 is 9.90 Å². The quantitative estimate of drug-likeness (QED) is 0.884. The van der Waals surface area contributed by atoms with Crippen LogP contribution in [0.4, 0.5) is 0 Å². The lowest BCUT2D eigenvalue weighted by Gasteiger charge is -1.94. The van der Waals surface area contributed by atoms with Crippen molar-refractivity contribution in [3.8, 4) is 10.7 Å². The SMILES string of the molecule is CCCn1cc(C(=O)O)c(-c2nccs2)n1. The minimum Gasteiger partial charge on any atom is -0.478 e. The Morgan fingerprint density at radius 3 is 3.00 bits per heavy atom. The van der Waals surface area contributed by atoms with Gasteiger partial charge in [-0.05, 0) is 6.42 Å². The summed E-state index contributed by atoms with van der Waals surface area (Å²) in [5.74, 6) is -0.965. The first-order valence-electron chi connectivity index (χ1n) is 4.93. The molecule has 0 radical (unpaired) electrons. The topological polar surface area (TPSA) is 68.0 Å². The van der Waals surface area contributed by atoms with Crippen LogP contribution in [0.3, 0.4) is 0 Å². The third kappa shape index (κ3) is 1.96. The standard InChI is InChI=1S/C10H11N3O2S/c1-2-4-13-6-7(10(14)15)8(12-13)9-11-3-5-16-9/h3,5-6H,2,4H2,1H3,(H,14,15). The van der Waals surface area contributed by atoms with Crippen LogP contribution in [0.2, 0.25) is 0 Å². The van der Waals surface area contributed by atoms with Crippen molar-refractivity contribution in [1.29, 1.82) is 0 Å². The molecule has 0 amide bonds. The number of aryl methyl sites for hydroxylation is 1. The number of thiazole rings is 1. The van der Waals surface area contributed by atoms with Gasteiger partial charge in [0, 0.05) is 24.3 Å². The van der Waals surface area contributed by atoms with Crippen LogP contribution >= 0.6 is 11.3 Å². The van der Waals surface area contributed by atoms with E-state index in [0.717, 1.165) is 6.42 Å². The summed E-state index contributed by atoms with van der Waals surface area (Å²) in [6, 6.07) is 0. The molecule has 0 spiro atoms. The number of aromatic carboxylic acids is 1. The summed E-state index contributed by atoms with van der Waals surface area (Å²) >= 11 is 1.39. The summed E-state index contributed by atoms with van der Waals surface area (Å²) < 4.78 is 1.65. The summed E-state index contributed by atoms with van der Waals surface area (Å²) in [6.45, 7) is 2.73. The second-order valence-electron chi connectivity index (χ2n) is 3.30. The summed E-state index contributed by atoms with van der Waals surface area (Å²) in [7, 11) is 0. The largest absolute Gasteiger partial charge is 0.478 e. The molecule has 16 heavy (non-hydrogen) atoms. The van der Waals surface area contributed by atoms with Gasteiger partial charge in [0.05, 0.1) is 0 Å². The molecule has 0 fully saturated rings. The van der Waals surface area contributed by atoms with E-state index in [2.05, 4.69) is 10.1 Å². The molecular formula is C10H11N3O2S.